The zero-order valence-corrected chi connectivity index (χ0v) is 17.8. The Bertz CT molecular complexity index is 1060. The van der Waals surface area contributed by atoms with Crippen molar-refractivity contribution in [3.63, 3.8) is 0 Å². The molecule has 0 spiro atoms. The molecule has 0 unspecified atom stereocenters. The number of aryl methyl sites for hydroxylation is 2. The van der Waals surface area contributed by atoms with Crippen molar-refractivity contribution in [2.75, 3.05) is 5.32 Å². The van der Waals surface area contributed by atoms with Crippen molar-refractivity contribution in [3.05, 3.63) is 89.0 Å². The van der Waals surface area contributed by atoms with Crippen LogP contribution in [0.2, 0.25) is 0 Å². The molecule has 1 aromatic heterocycles. The maximum atomic E-state index is 14.2. The van der Waals surface area contributed by atoms with Crippen LogP contribution in [0, 0.1) is 5.82 Å². The first kappa shape index (κ1) is 22.3. The lowest BCUT2D eigenvalue weighted by Crippen LogP contribution is -2.17. The third-order valence-corrected chi connectivity index (χ3v) is 5.14. The second kappa shape index (κ2) is 10.1. The monoisotopic (exact) mass is 422 g/mol. The van der Waals surface area contributed by atoms with Gasteiger partial charge in [0.05, 0.1) is 17.7 Å². The van der Waals surface area contributed by atoms with E-state index in [0.717, 1.165) is 25.1 Å². The summed E-state index contributed by atoms with van der Waals surface area (Å²) >= 11 is 0. The lowest BCUT2D eigenvalue weighted by atomic mass is 10.0. The summed E-state index contributed by atoms with van der Waals surface area (Å²) in [5, 5.41) is 11.6. The number of carboxylic acids is 1. The average molecular weight is 423 g/mol. The van der Waals surface area contributed by atoms with Crippen LogP contribution in [0.3, 0.4) is 0 Å². The molecule has 6 heteroatoms. The van der Waals surface area contributed by atoms with Gasteiger partial charge in [-0.3, -0.25) is 9.59 Å². The Morgan fingerprint density at radius 3 is 2.48 bits per heavy atom. The second-order valence-corrected chi connectivity index (χ2v) is 7.89. The van der Waals surface area contributed by atoms with Crippen LogP contribution in [0.1, 0.15) is 53.4 Å². The molecule has 3 rings (SSSR count). The van der Waals surface area contributed by atoms with E-state index in [1.807, 2.05) is 38.2 Å². The number of anilines is 1. The molecule has 31 heavy (non-hydrogen) atoms. The van der Waals surface area contributed by atoms with Crippen molar-refractivity contribution in [3.8, 4) is 0 Å². The first-order valence-corrected chi connectivity index (χ1v) is 10.4. The highest BCUT2D eigenvalue weighted by Crippen LogP contribution is 2.24. The Morgan fingerprint density at radius 1 is 1.06 bits per heavy atom. The minimum atomic E-state index is -1.02. The number of aromatic nitrogens is 1. The van der Waals surface area contributed by atoms with E-state index in [1.165, 1.54) is 23.8 Å². The summed E-state index contributed by atoms with van der Waals surface area (Å²) in [5.74, 6) is -1.91. The molecular weight excluding hydrogens is 395 g/mol. The number of halogens is 1. The normalized spacial score (nSPS) is 11.0. The molecule has 0 saturated carbocycles. The number of carboxylic acid groups (broad SMARTS) is 1. The van der Waals surface area contributed by atoms with E-state index in [-0.39, 0.29) is 18.0 Å². The van der Waals surface area contributed by atoms with Crippen molar-refractivity contribution in [2.45, 2.75) is 45.6 Å². The van der Waals surface area contributed by atoms with Crippen LogP contribution in [-0.2, 0) is 24.2 Å². The highest BCUT2D eigenvalue weighted by molar-refractivity contribution is 6.05. The van der Waals surface area contributed by atoms with Crippen LogP contribution in [0.4, 0.5) is 10.1 Å². The molecule has 3 aromatic rings. The summed E-state index contributed by atoms with van der Waals surface area (Å²) in [6.07, 6.45) is 3.54. The van der Waals surface area contributed by atoms with Crippen molar-refractivity contribution < 1.29 is 19.1 Å². The van der Waals surface area contributed by atoms with Crippen LogP contribution >= 0.6 is 0 Å². The van der Waals surface area contributed by atoms with Crippen molar-refractivity contribution in [1.29, 1.82) is 0 Å². The number of benzene rings is 2. The molecule has 0 aliphatic carbocycles. The molecule has 0 saturated heterocycles. The van der Waals surface area contributed by atoms with Gasteiger partial charge in [0.25, 0.3) is 5.91 Å². The molecule has 0 bridgehead atoms. The van der Waals surface area contributed by atoms with E-state index in [0.29, 0.717) is 11.1 Å². The van der Waals surface area contributed by atoms with E-state index in [2.05, 4.69) is 22.0 Å². The zero-order chi connectivity index (χ0) is 22.4. The minimum absolute atomic E-state index is 0.0183. The number of nitrogens with zero attached hydrogens (tertiary/aromatic N) is 1. The molecule has 5 nitrogen and oxygen atoms in total. The third kappa shape index (κ3) is 5.81. The van der Waals surface area contributed by atoms with E-state index in [1.54, 1.807) is 6.07 Å². The van der Waals surface area contributed by atoms with Gasteiger partial charge in [0, 0.05) is 18.4 Å². The third-order valence-electron chi connectivity index (χ3n) is 5.14. The van der Waals surface area contributed by atoms with Crippen molar-refractivity contribution >= 4 is 17.6 Å². The van der Waals surface area contributed by atoms with Gasteiger partial charge in [0.2, 0.25) is 0 Å². The first-order valence-electron chi connectivity index (χ1n) is 10.4. The Morgan fingerprint density at radius 2 is 1.81 bits per heavy atom. The Labute approximate surface area is 181 Å². The van der Waals surface area contributed by atoms with E-state index in [4.69, 9.17) is 5.11 Å². The highest BCUT2D eigenvalue weighted by Gasteiger charge is 2.20. The van der Waals surface area contributed by atoms with E-state index in [9.17, 15) is 14.0 Å². The summed E-state index contributed by atoms with van der Waals surface area (Å²) in [6, 6.07) is 16.0. The van der Waals surface area contributed by atoms with Gasteiger partial charge in [-0.2, -0.15) is 0 Å². The summed E-state index contributed by atoms with van der Waals surface area (Å²) in [7, 11) is 0. The lowest BCUT2D eigenvalue weighted by molar-refractivity contribution is -0.136. The highest BCUT2D eigenvalue weighted by atomic mass is 19.1. The SMILES string of the molecule is CC(C)c1c(C(=O)Nc2cc(CC(=O)O)ccc2F)ccn1CCCc1ccccc1. The number of aliphatic carboxylic acids is 1. The number of carbonyl (C=O) groups excluding carboxylic acids is 1. The molecular formula is C25H27FN2O3. The topological polar surface area (TPSA) is 71.3 Å². The average Bonchev–Trinajstić information content (AvgIpc) is 3.15. The van der Waals surface area contributed by atoms with Crippen LogP contribution in [0.25, 0.3) is 0 Å². The number of rotatable bonds is 9. The summed E-state index contributed by atoms with van der Waals surface area (Å²) in [5.41, 5.74) is 3.07. The fraction of sp³-hybridized carbons (Fsp3) is 0.280. The quantitative estimate of drug-likeness (QED) is 0.494. The fourth-order valence-electron chi connectivity index (χ4n) is 3.76. The van der Waals surface area contributed by atoms with E-state index >= 15 is 0 Å². The van der Waals surface area contributed by atoms with Crippen LogP contribution < -0.4 is 5.32 Å². The Hall–Kier alpha value is -3.41. The maximum Gasteiger partial charge on any atom is 0.307 e. The fourth-order valence-corrected chi connectivity index (χ4v) is 3.76. The zero-order valence-electron chi connectivity index (χ0n) is 17.8. The summed E-state index contributed by atoms with van der Waals surface area (Å²) < 4.78 is 16.3. The Balaban J connectivity index is 1.75. The second-order valence-electron chi connectivity index (χ2n) is 7.89. The van der Waals surface area contributed by atoms with Gasteiger partial charge in [0.15, 0.2) is 0 Å². The minimum Gasteiger partial charge on any atom is -0.481 e. The maximum absolute atomic E-state index is 14.2. The Kier molecular flexibility index (Phi) is 7.23. The van der Waals surface area contributed by atoms with Gasteiger partial charge in [0.1, 0.15) is 5.82 Å². The first-order chi connectivity index (χ1) is 14.8. The molecule has 2 N–H and O–H groups in total. The van der Waals surface area contributed by atoms with Gasteiger partial charge in [-0.25, -0.2) is 4.39 Å². The van der Waals surface area contributed by atoms with Crippen molar-refractivity contribution in [2.24, 2.45) is 0 Å². The lowest BCUT2D eigenvalue weighted by Gasteiger charge is -2.15. The van der Waals surface area contributed by atoms with Crippen molar-refractivity contribution in [1.82, 2.24) is 4.57 Å². The predicted octanol–water partition coefficient (Wildman–Crippen LogP) is 5.26. The van der Waals surface area contributed by atoms with Crippen LogP contribution in [0.15, 0.2) is 60.8 Å². The number of hydrogen-bond acceptors (Lipinski definition) is 2. The van der Waals surface area contributed by atoms with Crippen LogP contribution in [0.5, 0.6) is 0 Å². The molecule has 0 aliphatic heterocycles. The predicted molar refractivity (Wildman–Crippen MR) is 119 cm³/mol. The number of hydrogen-bond donors (Lipinski definition) is 2. The smallest absolute Gasteiger partial charge is 0.307 e. The number of carbonyl (C=O) groups is 2. The standard InChI is InChI=1S/C25H27FN2O3/c1-17(2)24-20(12-14-28(24)13-6-9-18-7-4-3-5-8-18)25(31)27-22-15-19(16-23(29)30)10-11-21(22)26/h3-5,7-8,10-12,14-15,17H,6,9,13,16H2,1-2H3,(H,27,31)(H,29,30). The van der Waals surface area contributed by atoms with Gasteiger partial charge in [-0.1, -0.05) is 50.2 Å². The molecule has 162 valence electrons. The van der Waals surface area contributed by atoms with E-state index < -0.39 is 17.7 Å². The molecule has 0 atom stereocenters. The van der Waals surface area contributed by atoms with Gasteiger partial charge < -0.3 is 15.0 Å². The molecule has 0 fully saturated rings. The molecule has 1 amide bonds. The number of amides is 1. The number of nitrogens with one attached hydrogen (secondary N) is 1. The summed E-state index contributed by atoms with van der Waals surface area (Å²) in [6.45, 7) is 4.82. The molecule has 2 aromatic carbocycles. The van der Waals surface area contributed by atoms with Gasteiger partial charge >= 0.3 is 5.97 Å². The summed E-state index contributed by atoms with van der Waals surface area (Å²) in [4.78, 5) is 23.9. The molecule has 0 radical (unpaired) electrons. The largest absolute Gasteiger partial charge is 0.481 e. The molecule has 1 heterocycles. The van der Waals surface area contributed by atoms with Crippen LogP contribution in [-0.4, -0.2) is 21.6 Å². The van der Waals surface area contributed by atoms with Gasteiger partial charge in [-0.05, 0) is 48.1 Å². The van der Waals surface area contributed by atoms with Gasteiger partial charge in [-0.15, -0.1) is 0 Å². The molecule has 0 aliphatic rings.